The van der Waals surface area contributed by atoms with E-state index in [2.05, 4.69) is 20.5 Å². The van der Waals surface area contributed by atoms with Crippen LogP contribution in [0.5, 0.6) is 0 Å². The second-order valence-electron chi connectivity index (χ2n) is 4.24. The average molecular weight is 254 g/mol. The average Bonchev–Trinajstić information content (AvgIpc) is 2.93. The molecule has 0 saturated heterocycles. The molecular weight excluding hydrogens is 240 g/mol. The van der Waals surface area contributed by atoms with E-state index in [-0.39, 0.29) is 0 Å². The number of aromatic nitrogens is 3. The summed E-state index contributed by atoms with van der Waals surface area (Å²) in [5.41, 5.74) is 1.64. The maximum Gasteiger partial charge on any atom is 0.266 e. The molecule has 3 rings (SSSR count). The molecule has 0 aliphatic heterocycles. The fraction of sp³-hybridized carbons (Fsp3) is 0.214. The fourth-order valence-electron chi connectivity index (χ4n) is 1.88. The molecule has 96 valence electrons. The highest BCUT2D eigenvalue weighted by Gasteiger charge is 2.09. The van der Waals surface area contributed by atoms with Gasteiger partial charge in [-0.25, -0.2) is 4.98 Å². The number of fused-ring (bicyclic) bond motifs is 1. The van der Waals surface area contributed by atoms with Crippen molar-refractivity contribution in [3.63, 3.8) is 0 Å². The predicted octanol–water partition coefficient (Wildman–Crippen LogP) is 2.05. The van der Waals surface area contributed by atoms with E-state index in [1.165, 1.54) is 0 Å². The number of nitrogens with zero attached hydrogens (tertiary/aromatic N) is 3. The fourth-order valence-corrected chi connectivity index (χ4v) is 1.88. The van der Waals surface area contributed by atoms with E-state index >= 15 is 0 Å². The van der Waals surface area contributed by atoms with E-state index in [9.17, 15) is 0 Å². The summed E-state index contributed by atoms with van der Waals surface area (Å²) in [4.78, 5) is 4.53. The van der Waals surface area contributed by atoms with Crippen LogP contribution in [0.3, 0.4) is 0 Å². The second kappa shape index (κ2) is 5.16. The Bertz CT molecular complexity index is 692. The van der Waals surface area contributed by atoms with Gasteiger partial charge in [-0.15, -0.1) is 10.2 Å². The molecule has 0 saturated carbocycles. The molecule has 5 nitrogen and oxygen atoms in total. The normalized spacial score (nSPS) is 11.0. The Hall–Kier alpha value is -2.27. The van der Waals surface area contributed by atoms with Gasteiger partial charge >= 0.3 is 0 Å². The van der Waals surface area contributed by atoms with Crippen LogP contribution in [-0.2, 0) is 6.42 Å². The number of likely N-dealkylation sites (N-methyl/N-ethyl adjacent to an activating group) is 1. The number of nitrogens with one attached hydrogen (secondary N) is 1. The Morgan fingerprint density at radius 2 is 2.00 bits per heavy atom. The summed E-state index contributed by atoms with van der Waals surface area (Å²) in [5, 5.41) is 12.2. The summed E-state index contributed by atoms with van der Waals surface area (Å²) in [7, 11) is 1.89. The van der Waals surface area contributed by atoms with Crippen LogP contribution >= 0.6 is 0 Å². The first-order valence-electron chi connectivity index (χ1n) is 6.20. The minimum Gasteiger partial charge on any atom is -0.419 e. The van der Waals surface area contributed by atoms with Crippen molar-refractivity contribution in [2.75, 3.05) is 13.6 Å². The Balaban J connectivity index is 1.92. The maximum absolute atomic E-state index is 5.60. The summed E-state index contributed by atoms with van der Waals surface area (Å²) < 4.78 is 5.60. The minimum atomic E-state index is 0.469. The van der Waals surface area contributed by atoms with Crippen LogP contribution in [0.2, 0.25) is 0 Å². The molecule has 5 heteroatoms. The molecule has 1 aromatic carbocycles. The molecule has 1 N–H and O–H groups in total. The summed E-state index contributed by atoms with van der Waals surface area (Å²) in [6, 6.07) is 11.9. The van der Waals surface area contributed by atoms with E-state index in [0.717, 1.165) is 23.9 Å². The number of benzene rings is 1. The Morgan fingerprint density at radius 1 is 1.11 bits per heavy atom. The van der Waals surface area contributed by atoms with Gasteiger partial charge in [-0.2, -0.15) is 0 Å². The van der Waals surface area contributed by atoms with Crippen LogP contribution < -0.4 is 5.32 Å². The van der Waals surface area contributed by atoms with E-state index in [1.807, 2.05) is 43.4 Å². The third-order valence-corrected chi connectivity index (χ3v) is 2.87. The topological polar surface area (TPSA) is 63.8 Å². The van der Waals surface area contributed by atoms with Gasteiger partial charge in [0.15, 0.2) is 0 Å². The molecule has 0 aliphatic rings. The molecule has 2 heterocycles. The Kier molecular flexibility index (Phi) is 3.20. The van der Waals surface area contributed by atoms with E-state index in [0.29, 0.717) is 17.5 Å². The van der Waals surface area contributed by atoms with Gasteiger partial charge in [0, 0.05) is 18.4 Å². The lowest BCUT2D eigenvalue weighted by Gasteiger charge is -1.98. The first-order chi connectivity index (χ1) is 9.36. The van der Waals surface area contributed by atoms with Gasteiger partial charge in [0.05, 0.1) is 5.52 Å². The van der Waals surface area contributed by atoms with Crippen molar-refractivity contribution in [3.8, 4) is 11.6 Å². The quantitative estimate of drug-likeness (QED) is 0.772. The highest BCUT2D eigenvalue weighted by Crippen LogP contribution is 2.19. The first kappa shape index (κ1) is 11.8. The first-order valence-corrected chi connectivity index (χ1v) is 6.20. The third-order valence-electron chi connectivity index (χ3n) is 2.87. The van der Waals surface area contributed by atoms with Crippen LogP contribution in [0.25, 0.3) is 22.5 Å². The second-order valence-corrected chi connectivity index (χ2v) is 4.24. The van der Waals surface area contributed by atoms with Crippen molar-refractivity contribution in [2.45, 2.75) is 6.42 Å². The zero-order valence-corrected chi connectivity index (χ0v) is 10.6. The summed E-state index contributed by atoms with van der Waals surface area (Å²) >= 11 is 0. The monoisotopic (exact) mass is 254 g/mol. The van der Waals surface area contributed by atoms with Crippen LogP contribution in [0.4, 0.5) is 0 Å². The van der Waals surface area contributed by atoms with Crippen molar-refractivity contribution in [3.05, 3.63) is 42.3 Å². The van der Waals surface area contributed by atoms with Crippen LogP contribution in [0, 0.1) is 0 Å². The third kappa shape index (κ3) is 2.46. The van der Waals surface area contributed by atoms with Crippen molar-refractivity contribution >= 4 is 10.9 Å². The standard InChI is InChI=1S/C14H14N4O/c1-15-9-8-13-17-18-14(19-13)12-7-6-10-4-2-3-5-11(10)16-12/h2-7,15H,8-9H2,1H3. The Morgan fingerprint density at radius 3 is 2.89 bits per heavy atom. The van der Waals surface area contributed by atoms with E-state index in [4.69, 9.17) is 4.42 Å². The number of rotatable bonds is 4. The molecule has 0 fully saturated rings. The van der Waals surface area contributed by atoms with Crippen LogP contribution in [-0.4, -0.2) is 28.8 Å². The minimum absolute atomic E-state index is 0.469. The SMILES string of the molecule is CNCCc1nnc(-c2ccc3ccccc3n2)o1. The van der Waals surface area contributed by atoms with Gasteiger partial charge in [-0.05, 0) is 19.2 Å². The van der Waals surface area contributed by atoms with Crippen molar-refractivity contribution in [2.24, 2.45) is 0 Å². The lowest BCUT2D eigenvalue weighted by molar-refractivity contribution is 0.499. The molecular formula is C14H14N4O. The number of hydrogen-bond donors (Lipinski definition) is 1. The summed E-state index contributed by atoms with van der Waals surface area (Å²) in [6.07, 6.45) is 0.719. The van der Waals surface area contributed by atoms with Crippen molar-refractivity contribution < 1.29 is 4.42 Å². The smallest absolute Gasteiger partial charge is 0.266 e. The van der Waals surface area contributed by atoms with Crippen molar-refractivity contribution in [1.29, 1.82) is 0 Å². The highest BCUT2D eigenvalue weighted by atomic mass is 16.4. The molecule has 3 aromatic rings. The molecule has 19 heavy (non-hydrogen) atoms. The van der Waals surface area contributed by atoms with Crippen LogP contribution in [0.15, 0.2) is 40.8 Å². The largest absolute Gasteiger partial charge is 0.419 e. The summed E-state index contributed by atoms with van der Waals surface area (Å²) in [6.45, 7) is 0.812. The molecule has 2 aromatic heterocycles. The molecule has 0 unspecified atom stereocenters. The predicted molar refractivity (Wildman–Crippen MR) is 72.7 cm³/mol. The van der Waals surface area contributed by atoms with E-state index < -0.39 is 0 Å². The van der Waals surface area contributed by atoms with Crippen LogP contribution in [0.1, 0.15) is 5.89 Å². The molecule has 0 amide bonds. The lowest BCUT2D eigenvalue weighted by atomic mass is 10.2. The number of para-hydroxylation sites is 1. The van der Waals surface area contributed by atoms with E-state index in [1.54, 1.807) is 0 Å². The van der Waals surface area contributed by atoms with Gasteiger partial charge in [0.1, 0.15) is 5.69 Å². The molecule has 0 radical (unpaired) electrons. The zero-order valence-electron chi connectivity index (χ0n) is 10.6. The van der Waals surface area contributed by atoms with Gasteiger partial charge in [-0.3, -0.25) is 0 Å². The molecule has 0 aliphatic carbocycles. The number of hydrogen-bond acceptors (Lipinski definition) is 5. The van der Waals surface area contributed by atoms with Gasteiger partial charge in [0.2, 0.25) is 5.89 Å². The lowest BCUT2D eigenvalue weighted by Crippen LogP contribution is -2.10. The highest BCUT2D eigenvalue weighted by molar-refractivity contribution is 5.80. The summed E-state index contributed by atoms with van der Waals surface area (Å²) in [5.74, 6) is 1.09. The maximum atomic E-state index is 5.60. The van der Waals surface area contributed by atoms with Crippen molar-refractivity contribution in [1.82, 2.24) is 20.5 Å². The van der Waals surface area contributed by atoms with Gasteiger partial charge in [-0.1, -0.05) is 24.3 Å². The van der Waals surface area contributed by atoms with Gasteiger partial charge < -0.3 is 9.73 Å². The zero-order chi connectivity index (χ0) is 13.1. The molecule has 0 atom stereocenters. The molecule has 0 bridgehead atoms. The number of pyridine rings is 1. The Labute approximate surface area is 110 Å². The van der Waals surface area contributed by atoms with Gasteiger partial charge in [0.25, 0.3) is 5.89 Å². The molecule has 0 spiro atoms.